The highest BCUT2D eigenvalue weighted by Crippen LogP contribution is 2.56. The highest BCUT2D eigenvalue weighted by molar-refractivity contribution is 6.33. The Morgan fingerprint density at radius 2 is 1.76 bits per heavy atom. The predicted molar refractivity (Wildman–Crippen MR) is 121 cm³/mol. The van der Waals surface area contributed by atoms with Gasteiger partial charge in [0, 0.05) is 31.4 Å². The van der Waals surface area contributed by atoms with Crippen molar-refractivity contribution in [2.75, 3.05) is 28.8 Å². The first-order chi connectivity index (χ1) is 16.0. The fourth-order valence-corrected chi connectivity index (χ4v) is 4.74. The molecule has 0 bridgehead atoms. The number of pyridine rings is 1. The van der Waals surface area contributed by atoms with Crippen LogP contribution in [0.1, 0.15) is 13.3 Å². The second-order valence-corrected chi connectivity index (χ2v) is 8.73. The van der Waals surface area contributed by atoms with Crippen LogP contribution in [0.5, 0.6) is 5.75 Å². The number of carbonyl (C=O) groups excluding carboxylic acids is 2. The number of benzene rings is 2. The van der Waals surface area contributed by atoms with Crippen LogP contribution in [-0.4, -0.2) is 42.9 Å². The van der Waals surface area contributed by atoms with Crippen molar-refractivity contribution in [2.45, 2.75) is 25.2 Å². The molecule has 1 aliphatic heterocycles. The molecule has 5 rings (SSSR count). The second-order valence-electron chi connectivity index (χ2n) is 8.73. The number of hydrogen-bond donors (Lipinski definition) is 0. The van der Waals surface area contributed by atoms with Gasteiger partial charge in [0.15, 0.2) is 0 Å². The fourth-order valence-electron chi connectivity index (χ4n) is 4.74. The summed E-state index contributed by atoms with van der Waals surface area (Å²) >= 11 is 0. The fraction of sp³-hybridized carbons (Fsp3) is 0.292. The predicted octanol–water partition coefficient (Wildman–Crippen LogP) is 4.95. The highest BCUT2D eigenvalue weighted by atomic mass is 19.4. The molecular weight excluding hydrogens is 449 g/mol. The van der Waals surface area contributed by atoms with Crippen molar-refractivity contribution >= 4 is 39.9 Å². The molecule has 2 aromatic carbocycles. The van der Waals surface area contributed by atoms with E-state index >= 15 is 0 Å². The summed E-state index contributed by atoms with van der Waals surface area (Å²) < 4.78 is 41.5. The van der Waals surface area contributed by atoms with Gasteiger partial charge < -0.3 is 9.64 Å². The van der Waals surface area contributed by atoms with Gasteiger partial charge in [0.05, 0.1) is 16.9 Å². The van der Waals surface area contributed by atoms with E-state index in [1.807, 2.05) is 44.1 Å². The van der Waals surface area contributed by atoms with E-state index in [0.717, 1.165) is 28.1 Å². The second kappa shape index (κ2) is 7.34. The van der Waals surface area contributed by atoms with Crippen molar-refractivity contribution in [2.24, 2.45) is 5.92 Å². The molecule has 3 amide bonds. The van der Waals surface area contributed by atoms with E-state index in [0.29, 0.717) is 17.6 Å². The van der Waals surface area contributed by atoms with E-state index in [1.54, 1.807) is 12.3 Å². The number of anilines is 3. The van der Waals surface area contributed by atoms with Gasteiger partial charge in [-0.05, 0) is 54.8 Å². The van der Waals surface area contributed by atoms with Crippen molar-refractivity contribution in [3.05, 3.63) is 54.7 Å². The van der Waals surface area contributed by atoms with Crippen LogP contribution in [0.15, 0.2) is 54.7 Å². The molecule has 1 aromatic heterocycles. The molecule has 0 N–H and O–H groups in total. The van der Waals surface area contributed by atoms with Gasteiger partial charge in [-0.15, -0.1) is 13.2 Å². The van der Waals surface area contributed by atoms with E-state index in [-0.39, 0.29) is 11.6 Å². The molecule has 2 heterocycles. The van der Waals surface area contributed by atoms with Crippen molar-refractivity contribution in [3.63, 3.8) is 0 Å². The average Bonchev–Trinajstić information content (AvgIpc) is 3.39. The Morgan fingerprint density at radius 1 is 1.09 bits per heavy atom. The number of imide groups is 1. The minimum absolute atomic E-state index is 0.0866. The summed E-state index contributed by atoms with van der Waals surface area (Å²) in [5.74, 6) is -0.921. The molecule has 2 fully saturated rings. The largest absolute Gasteiger partial charge is 0.573 e. The van der Waals surface area contributed by atoms with Gasteiger partial charge in [0.25, 0.3) is 5.91 Å². The number of carbonyl (C=O) groups is 2. The number of ether oxygens (including phenoxy) is 1. The van der Waals surface area contributed by atoms with Gasteiger partial charge in [-0.2, -0.15) is 0 Å². The standard InChI is InChI=1S/C24H21F3N4O3/c1-14-13-23(14)21(32)30(15-7-9-16(10-8-15)34-24(25,26)27)22(33)31(23)19-11-12-28-17-5-4-6-18(20(17)19)29(2)3/h4-12,14H,13H2,1-3H3. The summed E-state index contributed by atoms with van der Waals surface area (Å²) in [4.78, 5) is 36.2. The van der Waals surface area contributed by atoms with Crippen LogP contribution in [0.4, 0.5) is 35.0 Å². The number of aromatic nitrogens is 1. The van der Waals surface area contributed by atoms with Crippen molar-refractivity contribution < 1.29 is 27.5 Å². The maximum absolute atomic E-state index is 13.7. The van der Waals surface area contributed by atoms with Gasteiger partial charge in [-0.3, -0.25) is 14.7 Å². The molecule has 2 unspecified atom stereocenters. The van der Waals surface area contributed by atoms with Crippen LogP contribution in [0.2, 0.25) is 0 Å². The van der Waals surface area contributed by atoms with Crippen LogP contribution >= 0.6 is 0 Å². The third kappa shape index (κ3) is 3.24. The van der Waals surface area contributed by atoms with Gasteiger partial charge in [0.2, 0.25) is 0 Å². The molecule has 0 radical (unpaired) electrons. The molecular formula is C24H21F3N4O3. The van der Waals surface area contributed by atoms with Gasteiger partial charge in [0.1, 0.15) is 11.3 Å². The normalized spacial score (nSPS) is 22.1. The molecule has 1 saturated heterocycles. The molecule has 176 valence electrons. The quantitative estimate of drug-likeness (QED) is 0.505. The van der Waals surface area contributed by atoms with Crippen molar-refractivity contribution in [1.82, 2.24) is 4.98 Å². The van der Waals surface area contributed by atoms with E-state index in [1.165, 1.54) is 17.0 Å². The van der Waals surface area contributed by atoms with E-state index in [9.17, 15) is 22.8 Å². The number of rotatable bonds is 4. The topological polar surface area (TPSA) is 66.0 Å². The van der Waals surface area contributed by atoms with Crippen LogP contribution in [-0.2, 0) is 4.79 Å². The average molecular weight is 470 g/mol. The Balaban J connectivity index is 1.61. The maximum atomic E-state index is 13.7. The van der Waals surface area contributed by atoms with Crippen LogP contribution in [0.25, 0.3) is 10.9 Å². The molecule has 1 aliphatic carbocycles. The Bertz CT molecular complexity index is 1300. The van der Waals surface area contributed by atoms with Crippen LogP contribution in [0, 0.1) is 5.92 Å². The number of fused-ring (bicyclic) bond motifs is 1. The van der Waals surface area contributed by atoms with E-state index in [4.69, 9.17) is 0 Å². The lowest BCUT2D eigenvalue weighted by Crippen LogP contribution is -2.39. The number of urea groups is 1. The Labute approximate surface area is 193 Å². The summed E-state index contributed by atoms with van der Waals surface area (Å²) in [5.41, 5.74) is 1.22. The number of amides is 3. The SMILES string of the molecule is CC1CC12C(=O)N(c1ccc(OC(F)(F)F)cc1)C(=O)N2c1ccnc2cccc(N(C)C)c12. The monoisotopic (exact) mass is 470 g/mol. The van der Waals surface area contributed by atoms with Crippen molar-refractivity contribution in [1.29, 1.82) is 0 Å². The van der Waals surface area contributed by atoms with E-state index in [2.05, 4.69) is 9.72 Å². The molecule has 7 nitrogen and oxygen atoms in total. The molecule has 10 heteroatoms. The number of halogens is 3. The Hall–Kier alpha value is -3.82. The lowest BCUT2D eigenvalue weighted by molar-refractivity contribution is -0.274. The molecule has 2 aliphatic rings. The van der Waals surface area contributed by atoms with Gasteiger partial charge in [-0.1, -0.05) is 13.0 Å². The zero-order valence-corrected chi connectivity index (χ0v) is 18.6. The molecule has 1 saturated carbocycles. The summed E-state index contributed by atoms with van der Waals surface area (Å²) in [7, 11) is 3.77. The molecule has 2 atom stereocenters. The lowest BCUT2D eigenvalue weighted by Gasteiger charge is -2.26. The zero-order chi connectivity index (χ0) is 24.4. The first-order valence-corrected chi connectivity index (χ1v) is 10.6. The highest BCUT2D eigenvalue weighted by Gasteiger charge is 2.70. The number of nitrogens with zero attached hydrogens (tertiary/aromatic N) is 4. The van der Waals surface area contributed by atoms with Crippen LogP contribution in [0.3, 0.4) is 0 Å². The van der Waals surface area contributed by atoms with E-state index < -0.39 is 29.6 Å². The molecule has 3 aromatic rings. The Kier molecular flexibility index (Phi) is 4.75. The summed E-state index contributed by atoms with van der Waals surface area (Å²) in [5, 5.41) is 0.741. The zero-order valence-electron chi connectivity index (χ0n) is 18.6. The van der Waals surface area contributed by atoms with Gasteiger partial charge >= 0.3 is 12.4 Å². The molecule has 1 spiro atoms. The van der Waals surface area contributed by atoms with Crippen molar-refractivity contribution in [3.8, 4) is 5.75 Å². The number of hydrogen-bond acceptors (Lipinski definition) is 5. The van der Waals surface area contributed by atoms with Crippen LogP contribution < -0.4 is 19.4 Å². The smallest absolute Gasteiger partial charge is 0.406 e. The minimum Gasteiger partial charge on any atom is -0.406 e. The minimum atomic E-state index is -4.84. The third-order valence-corrected chi connectivity index (χ3v) is 6.40. The lowest BCUT2D eigenvalue weighted by atomic mass is 10.1. The summed E-state index contributed by atoms with van der Waals surface area (Å²) in [6, 6.07) is 11.5. The first-order valence-electron chi connectivity index (χ1n) is 10.6. The molecule has 34 heavy (non-hydrogen) atoms. The number of alkyl halides is 3. The van der Waals surface area contributed by atoms with Gasteiger partial charge in [-0.25, -0.2) is 9.69 Å². The summed E-state index contributed by atoms with van der Waals surface area (Å²) in [6.07, 6.45) is -2.75. The Morgan fingerprint density at radius 3 is 2.35 bits per heavy atom. The third-order valence-electron chi connectivity index (χ3n) is 6.40. The first kappa shape index (κ1) is 22.0. The summed E-state index contributed by atoms with van der Waals surface area (Å²) in [6.45, 7) is 1.90. The maximum Gasteiger partial charge on any atom is 0.573 e.